The Hall–Kier alpha value is -2.41. The SMILES string of the molecule is COc1ccccc1N1C[C@@H](C(=O)NCc2nc(C)cs2)CC1=O. The number of carbonyl (C=O) groups excluding carboxylic acids is 2. The van der Waals surface area contributed by atoms with Crippen molar-refractivity contribution >= 4 is 28.8 Å². The molecule has 1 aliphatic rings. The molecule has 2 aromatic rings. The zero-order valence-electron chi connectivity index (χ0n) is 13.6. The predicted molar refractivity (Wildman–Crippen MR) is 92.2 cm³/mol. The summed E-state index contributed by atoms with van der Waals surface area (Å²) in [7, 11) is 1.57. The monoisotopic (exact) mass is 345 g/mol. The van der Waals surface area contributed by atoms with Crippen LogP contribution < -0.4 is 15.0 Å². The summed E-state index contributed by atoms with van der Waals surface area (Å²) in [5.41, 5.74) is 1.65. The van der Waals surface area contributed by atoms with Crippen LogP contribution in [0.4, 0.5) is 5.69 Å². The quantitative estimate of drug-likeness (QED) is 0.901. The molecule has 1 saturated heterocycles. The lowest BCUT2D eigenvalue weighted by molar-refractivity contribution is -0.126. The van der Waals surface area contributed by atoms with Crippen LogP contribution in [0.3, 0.4) is 0 Å². The third-order valence-electron chi connectivity index (χ3n) is 3.95. The van der Waals surface area contributed by atoms with E-state index in [4.69, 9.17) is 4.74 Å². The van der Waals surface area contributed by atoms with Crippen LogP contribution in [-0.2, 0) is 16.1 Å². The van der Waals surface area contributed by atoms with E-state index in [0.29, 0.717) is 24.5 Å². The maximum absolute atomic E-state index is 12.4. The molecule has 7 heteroatoms. The van der Waals surface area contributed by atoms with Crippen LogP contribution >= 0.6 is 11.3 Å². The molecule has 2 heterocycles. The van der Waals surface area contributed by atoms with Crippen molar-refractivity contribution < 1.29 is 14.3 Å². The summed E-state index contributed by atoms with van der Waals surface area (Å²) < 4.78 is 5.31. The maximum atomic E-state index is 12.4. The Labute approximate surface area is 144 Å². The van der Waals surface area contributed by atoms with Crippen LogP contribution in [0.1, 0.15) is 17.1 Å². The highest BCUT2D eigenvalue weighted by molar-refractivity contribution is 7.09. The van der Waals surface area contributed by atoms with E-state index in [0.717, 1.165) is 10.7 Å². The van der Waals surface area contributed by atoms with Gasteiger partial charge in [-0.1, -0.05) is 12.1 Å². The van der Waals surface area contributed by atoms with Gasteiger partial charge in [0.15, 0.2) is 0 Å². The lowest BCUT2D eigenvalue weighted by Crippen LogP contribution is -2.32. The van der Waals surface area contributed by atoms with Crippen molar-refractivity contribution in [1.82, 2.24) is 10.3 Å². The molecule has 0 radical (unpaired) electrons. The average Bonchev–Trinajstić information content (AvgIpc) is 3.18. The molecule has 1 aliphatic heterocycles. The largest absolute Gasteiger partial charge is 0.495 e. The highest BCUT2D eigenvalue weighted by Crippen LogP contribution is 2.32. The molecule has 1 atom stereocenters. The molecule has 1 aromatic carbocycles. The molecule has 2 amide bonds. The van der Waals surface area contributed by atoms with E-state index in [1.807, 2.05) is 30.5 Å². The Bertz CT molecular complexity index is 759. The third kappa shape index (κ3) is 3.41. The Morgan fingerprint density at radius 1 is 1.46 bits per heavy atom. The number of nitrogens with one attached hydrogen (secondary N) is 1. The molecule has 0 unspecified atom stereocenters. The summed E-state index contributed by atoms with van der Waals surface area (Å²) in [5, 5.41) is 5.69. The molecular weight excluding hydrogens is 326 g/mol. The van der Waals surface area contributed by atoms with Crippen LogP contribution in [0.2, 0.25) is 0 Å². The molecule has 1 fully saturated rings. The van der Waals surface area contributed by atoms with Crippen molar-refractivity contribution in [3.8, 4) is 5.75 Å². The minimum Gasteiger partial charge on any atom is -0.495 e. The highest BCUT2D eigenvalue weighted by atomic mass is 32.1. The van der Waals surface area contributed by atoms with Gasteiger partial charge in [0.1, 0.15) is 10.8 Å². The fraction of sp³-hybridized carbons (Fsp3) is 0.353. The van der Waals surface area contributed by atoms with Crippen molar-refractivity contribution in [3.05, 3.63) is 40.3 Å². The molecule has 3 rings (SSSR count). The maximum Gasteiger partial charge on any atom is 0.227 e. The van der Waals surface area contributed by atoms with Crippen molar-refractivity contribution in [2.24, 2.45) is 5.92 Å². The fourth-order valence-electron chi connectivity index (χ4n) is 2.76. The molecule has 6 nitrogen and oxygen atoms in total. The van der Waals surface area contributed by atoms with Gasteiger partial charge in [0, 0.05) is 24.0 Å². The summed E-state index contributed by atoms with van der Waals surface area (Å²) in [5.74, 6) is 0.0898. The van der Waals surface area contributed by atoms with Gasteiger partial charge in [-0.2, -0.15) is 0 Å². The normalized spacial score (nSPS) is 17.2. The number of aromatic nitrogens is 1. The first-order valence-corrected chi connectivity index (χ1v) is 8.58. The number of anilines is 1. The van der Waals surface area contributed by atoms with E-state index in [2.05, 4.69) is 10.3 Å². The van der Waals surface area contributed by atoms with Crippen LogP contribution in [0, 0.1) is 12.8 Å². The summed E-state index contributed by atoms with van der Waals surface area (Å²) >= 11 is 1.52. The number of thiazole rings is 1. The van der Waals surface area contributed by atoms with Crippen molar-refractivity contribution in [1.29, 1.82) is 0 Å². The summed E-state index contributed by atoms with van der Waals surface area (Å²) in [4.78, 5) is 30.6. The van der Waals surface area contributed by atoms with Gasteiger partial charge < -0.3 is 15.0 Å². The van der Waals surface area contributed by atoms with Gasteiger partial charge in [0.2, 0.25) is 11.8 Å². The lowest BCUT2D eigenvalue weighted by atomic mass is 10.1. The van der Waals surface area contributed by atoms with E-state index in [1.54, 1.807) is 18.1 Å². The molecule has 1 aromatic heterocycles. The number of aryl methyl sites for hydroxylation is 1. The van der Waals surface area contributed by atoms with Crippen molar-refractivity contribution in [2.45, 2.75) is 19.9 Å². The van der Waals surface area contributed by atoms with E-state index in [-0.39, 0.29) is 24.2 Å². The first-order valence-electron chi connectivity index (χ1n) is 7.70. The number of amides is 2. The number of hydrogen-bond acceptors (Lipinski definition) is 5. The van der Waals surface area contributed by atoms with Gasteiger partial charge in [-0.25, -0.2) is 4.98 Å². The standard InChI is InChI=1S/C17H19N3O3S/c1-11-10-24-15(19-11)8-18-17(22)12-7-16(21)20(9-12)13-5-3-4-6-14(13)23-2/h3-6,10,12H,7-9H2,1-2H3,(H,18,22)/t12-/m0/s1. The molecular formula is C17H19N3O3S. The zero-order valence-corrected chi connectivity index (χ0v) is 14.4. The van der Waals surface area contributed by atoms with Crippen LogP contribution in [0.25, 0.3) is 0 Å². The predicted octanol–water partition coefficient (Wildman–Crippen LogP) is 2.13. The van der Waals surface area contributed by atoms with Crippen LogP contribution in [-0.4, -0.2) is 30.5 Å². The molecule has 0 aliphatic carbocycles. The van der Waals surface area contributed by atoms with Gasteiger partial charge in [0.05, 0.1) is 25.3 Å². The number of hydrogen-bond donors (Lipinski definition) is 1. The summed E-state index contributed by atoms with van der Waals surface area (Å²) in [6, 6.07) is 7.34. The number of benzene rings is 1. The van der Waals surface area contributed by atoms with E-state index < -0.39 is 0 Å². The van der Waals surface area contributed by atoms with Crippen LogP contribution in [0.5, 0.6) is 5.75 Å². The average molecular weight is 345 g/mol. The molecule has 0 saturated carbocycles. The minimum absolute atomic E-state index is 0.0651. The van der Waals surface area contributed by atoms with Crippen LogP contribution in [0.15, 0.2) is 29.6 Å². The highest BCUT2D eigenvalue weighted by Gasteiger charge is 2.36. The minimum atomic E-state index is -0.358. The number of ether oxygens (including phenoxy) is 1. The van der Waals surface area contributed by atoms with Crippen molar-refractivity contribution in [3.63, 3.8) is 0 Å². The molecule has 24 heavy (non-hydrogen) atoms. The van der Waals surface area contributed by atoms with Crippen molar-refractivity contribution in [2.75, 3.05) is 18.6 Å². The zero-order chi connectivity index (χ0) is 17.1. The molecule has 0 spiro atoms. The Balaban J connectivity index is 1.64. The number of para-hydroxylation sites is 2. The van der Waals surface area contributed by atoms with Gasteiger partial charge >= 0.3 is 0 Å². The first-order chi connectivity index (χ1) is 11.6. The molecule has 126 valence electrons. The Morgan fingerprint density at radius 2 is 2.25 bits per heavy atom. The van der Waals surface area contributed by atoms with Gasteiger partial charge in [-0.15, -0.1) is 11.3 Å². The second-order valence-corrected chi connectivity index (χ2v) is 6.62. The van der Waals surface area contributed by atoms with E-state index in [9.17, 15) is 9.59 Å². The summed E-state index contributed by atoms with van der Waals surface area (Å²) in [6.07, 6.45) is 0.209. The number of nitrogens with zero attached hydrogens (tertiary/aromatic N) is 2. The smallest absolute Gasteiger partial charge is 0.227 e. The molecule has 0 bridgehead atoms. The van der Waals surface area contributed by atoms with E-state index >= 15 is 0 Å². The Morgan fingerprint density at radius 3 is 2.96 bits per heavy atom. The number of carbonyl (C=O) groups is 2. The first kappa shape index (κ1) is 16.4. The third-order valence-corrected chi connectivity index (χ3v) is 4.92. The number of rotatable bonds is 5. The van der Waals surface area contributed by atoms with Gasteiger partial charge in [-0.05, 0) is 19.1 Å². The lowest BCUT2D eigenvalue weighted by Gasteiger charge is -2.19. The topological polar surface area (TPSA) is 71.5 Å². The fourth-order valence-corrected chi connectivity index (χ4v) is 3.47. The van der Waals surface area contributed by atoms with Gasteiger partial charge in [0.25, 0.3) is 0 Å². The van der Waals surface area contributed by atoms with Gasteiger partial charge in [-0.3, -0.25) is 9.59 Å². The second-order valence-electron chi connectivity index (χ2n) is 5.68. The Kier molecular flexibility index (Phi) is 4.80. The summed E-state index contributed by atoms with van der Waals surface area (Å²) in [6.45, 7) is 2.68. The van der Waals surface area contributed by atoms with E-state index in [1.165, 1.54) is 11.3 Å². The second kappa shape index (κ2) is 7.00. The molecule has 1 N–H and O–H groups in total. The number of methoxy groups -OCH3 is 1.